The van der Waals surface area contributed by atoms with Gasteiger partial charge in [-0.15, -0.1) is 0 Å². The Labute approximate surface area is 110 Å². The van der Waals surface area contributed by atoms with Gasteiger partial charge in [-0.3, -0.25) is 4.79 Å². The average molecular weight is 286 g/mol. The lowest BCUT2D eigenvalue weighted by Crippen LogP contribution is -2.19. The third-order valence-corrected chi connectivity index (χ3v) is 2.88. The number of benzene rings is 1. The normalized spacial score (nSPS) is 13.4. The lowest BCUT2D eigenvalue weighted by molar-refractivity contribution is -0.138. The van der Waals surface area contributed by atoms with Gasteiger partial charge in [0.15, 0.2) is 0 Å². The van der Waals surface area contributed by atoms with E-state index in [9.17, 15) is 22.8 Å². The average Bonchev–Trinajstić information content (AvgIpc) is 2.34. The number of carbonyl (C=O) groups is 1. The molecule has 0 saturated heterocycles. The van der Waals surface area contributed by atoms with Crippen LogP contribution >= 0.6 is 0 Å². The van der Waals surface area contributed by atoms with E-state index in [2.05, 4.69) is 9.97 Å². The minimum absolute atomic E-state index is 0.0184. The summed E-state index contributed by atoms with van der Waals surface area (Å²) < 4.78 is 38.0. The van der Waals surface area contributed by atoms with Crippen LogP contribution in [0.5, 0.6) is 0 Å². The number of H-pyrrole nitrogens is 1. The number of halogens is 3. The third-order valence-electron chi connectivity index (χ3n) is 2.88. The van der Waals surface area contributed by atoms with Gasteiger partial charge in [-0.05, 0) is 25.1 Å². The van der Waals surface area contributed by atoms with Gasteiger partial charge in [-0.2, -0.15) is 18.2 Å². The van der Waals surface area contributed by atoms with Crippen molar-refractivity contribution in [2.75, 3.05) is 0 Å². The molecule has 0 aliphatic rings. The summed E-state index contributed by atoms with van der Waals surface area (Å²) in [5.41, 5.74) is -1.82. The van der Waals surface area contributed by atoms with Crippen molar-refractivity contribution < 1.29 is 23.1 Å². The number of aliphatic carboxylic acids is 1. The summed E-state index contributed by atoms with van der Waals surface area (Å²) in [6.07, 6.45) is -4.56. The number of aromatic nitrogens is 2. The van der Waals surface area contributed by atoms with Gasteiger partial charge in [0.1, 0.15) is 0 Å². The van der Waals surface area contributed by atoms with Crippen LogP contribution in [0, 0.1) is 0 Å². The van der Waals surface area contributed by atoms with Crippen LogP contribution in [-0.2, 0) is 11.0 Å². The molecule has 1 aromatic carbocycles. The van der Waals surface area contributed by atoms with Gasteiger partial charge in [-0.1, -0.05) is 0 Å². The smallest absolute Gasteiger partial charge is 0.416 e. The molecule has 8 heteroatoms. The molecule has 20 heavy (non-hydrogen) atoms. The van der Waals surface area contributed by atoms with E-state index in [1.165, 1.54) is 6.92 Å². The second-order valence-corrected chi connectivity index (χ2v) is 4.25. The molecule has 106 valence electrons. The van der Waals surface area contributed by atoms with Gasteiger partial charge in [0.2, 0.25) is 0 Å². The summed E-state index contributed by atoms with van der Waals surface area (Å²) in [6, 6.07) is 2.63. The lowest BCUT2D eigenvalue weighted by atomic mass is 10.0. The van der Waals surface area contributed by atoms with E-state index in [0.717, 1.165) is 18.2 Å². The number of carboxylic acid groups (broad SMARTS) is 1. The molecule has 2 rings (SSSR count). The first-order valence-electron chi connectivity index (χ1n) is 5.54. The maximum absolute atomic E-state index is 12.7. The van der Waals surface area contributed by atoms with Crippen LogP contribution in [0.15, 0.2) is 23.0 Å². The third kappa shape index (κ3) is 2.49. The first-order chi connectivity index (χ1) is 9.20. The van der Waals surface area contributed by atoms with E-state index in [1.807, 2.05) is 0 Å². The summed E-state index contributed by atoms with van der Waals surface area (Å²) in [7, 11) is 0. The Morgan fingerprint density at radius 1 is 1.40 bits per heavy atom. The van der Waals surface area contributed by atoms with E-state index < -0.39 is 29.3 Å². The highest BCUT2D eigenvalue weighted by Crippen LogP contribution is 2.32. The van der Waals surface area contributed by atoms with Gasteiger partial charge in [0.25, 0.3) is 0 Å². The van der Waals surface area contributed by atoms with Gasteiger partial charge >= 0.3 is 17.8 Å². The first-order valence-corrected chi connectivity index (χ1v) is 5.54. The topological polar surface area (TPSA) is 83.0 Å². The summed E-state index contributed by atoms with van der Waals surface area (Å²) in [5.74, 6) is -2.41. The number of nitrogens with zero attached hydrogens (tertiary/aromatic N) is 1. The highest BCUT2D eigenvalue weighted by Gasteiger charge is 2.31. The molecule has 1 heterocycles. The van der Waals surface area contributed by atoms with Gasteiger partial charge in [0.05, 0.1) is 17.0 Å². The number of aromatic amines is 1. The van der Waals surface area contributed by atoms with Crippen molar-refractivity contribution in [2.45, 2.75) is 19.0 Å². The zero-order valence-corrected chi connectivity index (χ0v) is 10.2. The first kappa shape index (κ1) is 14.0. The highest BCUT2D eigenvalue weighted by molar-refractivity contribution is 5.87. The number of alkyl halides is 3. The molecule has 2 aromatic rings. The summed E-state index contributed by atoms with van der Waals surface area (Å²) in [4.78, 5) is 28.0. The fourth-order valence-electron chi connectivity index (χ4n) is 1.81. The quantitative estimate of drug-likeness (QED) is 0.886. The van der Waals surface area contributed by atoms with Crippen LogP contribution in [0.4, 0.5) is 13.2 Å². The van der Waals surface area contributed by atoms with E-state index >= 15 is 0 Å². The van der Waals surface area contributed by atoms with E-state index in [0.29, 0.717) is 0 Å². The van der Waals surface area contributed by atoms with Crippen LogP contribution in [0.1, 0.15) is 24.1 Å². The summed E-state index contributed by atoms with van der Waals surface area (Å²) >= 11 is 0. The number of hydrogen-bond acceptors (Lipinski definition) is 3. The zero-order chi connectivity index (χ0) is 15.1. The monoisotopic (exact) mass is 286 g/mol. The number of fused-ring (bicyclic) bond motifs is 1. The van der Waals surface area contributed by atoms with Crippen molar-refractivity contribution in [2.24, 2.45) is 0 Å². The number of nitrogens with one attached hydrogen (secondary N) is 1. The van der Waals surface area contributed by atoms with Crippen molar-refractivity contribution in [1.82, 2.24) is 9.97 Å². The summed E-state index contributed by atoms with van der Waals surface area (Å²) in [5, 5.41) is 8.92. The Balaban J connectivity index is 2.78. The van der Waals surface area contributed by atoms with Crippen LogP contribution in [0.25, 0.3) is 10.9 Å². The molecular weight excluding hydrogens is 277 g/mol. The molecule has 1 aromatic heterocycles. The predicted octanol–water partition coefficient (Wildman–Crippen LogP) is 2.13. The molecule has 1 unspecified atom stereocenters. The lowest BCUT2D eigenvalue weighted by Gasteiger charge is -2.12. The van der Waals surface area contributed by atoms with Crippen molar-refractivity contribution in [3.8, 4) is 0 Å². The Bertz CT molecular complexity index is 737. The molecule has 0 amide bonds. The van der Waals surface area contributed by atoms with Crippen molar-refractivity contribution in [1.29, 1.82) is 0 Å². The molecule has 1 atom stereocenters. The number of hydrogen-bond donors (Lipinski definition) is 2. The van der Waals surface area contributed by atoms with Crippen LogP contribution < -0.4 is 5.69 Å². The number of carboxylic acids is 1. The number of rotatable bonds is 2. The van der Waals surface area contributed by atoms with E-state index in [-0.39, 0.29) is 16.6 Å². The molecule has 0 aliphatic carbocycles. The zero-order valence-electron chi connectivity index (χ0n) is 10.2. The molecule has 0 saturated carbocycles. The SMILES string of the molecule is CC(C(=O)O)c1[nH]c(=O)nc2ccc(C(F)(F)F)cc12. The molecule has 2 N–H and O–H groups in total. The second-order valence-electron chi connectivity index (χ2n) is 4.25. The maximum atomic E-state index is 12.7. The van der Waals surface area contributed by atoms with Gasteiger partial charge in [-0.25, -0.2) is 4.79 Å². The van der Waals surface area contributed by atoms with Crippen molar-refractivity contribution >= 4 is 16.9 Å². The Hall–Kier alpha value is -2.38. The maximum Gasteiger partial charge on any atom is 0.416 e. The largest absolute Gasteiger partial charge is 0.481 e. The predicted molar refractivity (Wildman–Crippen MR) is 63.4 cm³/mol. The molecule has 0 radical (unpaired) electrons. The standard InChI is InChI=1S/C12H9F3N2O3/c1-5(10(18)19)9-7-4-6(12(13,14)15)2-3-8(7)16-11(20)17-9/h2-5H,1H3,(H,18,19)(H,16,17,20). The second kappa shape index (κ2) is 4.62. The van der Waals surface area contributed by atoms with Gasteiger partial charge < -0.3 is 10.1 Å². The highest BCUT2D eigenvalue weighted by atomic mass is 19.4. The Kier molecular flexibility index (Phi) is 3.24. The molecule has 5 nitrogen and oxygen atoms in total. The van der Waals surface area contributed by atoms with Crippen LogP contribution in [0.2, 0.25) is 0 Å². The van der Waals surface area contributed by atoms with Crippen LogP contribution in [0.3, 0.4) is 0 Å². The molecule has 0 spiro atoms. The van der Waals surface area contributed by atoms with Gasteiger partial charge in [0, 0.05) is 11.1 Å². The van der Waals surface area contributed by atoms with Crippen molar-refractivity contribution in [3.05, 3.63) is 39.9 Å². The molecule has 0 bridgehead atoms. The molecule has 0 aliphatic heterocycles. The molecule has 0 fully saturated rings. The minimum Gasteiger partial charge on any atom is -0.481 e. The minimum atomic E-state index is -4.56. The fraction of sp³-hybridized carbons (Fsp3) is 0.250. The Morgan fingerprint density at radius 3 is 2.60 bits per heavy atom. The fourth-order valence-corrected chi connectivity index (χ4v) is 1.81. The van der Waals surface area contributed by atoms with E-state index in [4.69, 9.17) is 5.11 Å². The summed E-state index contributed by atoms with van der Waals surface area (Å²) in [6.45, 7) is 1.27. The van der Waals surface area contributed by atoms with E-state index in [1.54, 1.807) is 0 Å². The van der Waals surface area contributed by atoms with Crippen LogP contribution in [-0.4, -0.2) is 21.0 Å². The molecular formula is C12H9F3N2O3. The Morgan fingerprint density at radius 2 is 2.05 bits per heavy atom. The van der Waals surface area contributed by atoms with Crippen molar-refractivity contribution in [3.63, 3.8) is 0 Å².